The predicted molar refractivity (Wildman–Crippen MR) is 111 cm³/mol. The lowest BCUT2D eigenvalue weighted by Gasteiger charge is -2.13. The van der Waals surface area contributed by atoms with Crippen LogP contribution in [0, 0.1) is 13.8 Å². The molecule has 2 N–H and O–H groups in total. The summed E-state index contributed by atoms with van der Waals surface area (Å²) in [5.41, 5.74) is 3.90. The Morgan fingerprint density at radius 3 is 2.66 bits per heavy atom. The lowest BCUT2D eigenvalue weighted by molar-refractivity contribution is -0.119. The monoisotopic (exact) mass is 410 g/mol. The minimum Gasteiger partial charge on any atom is -0.334 e. The average molecular weight is 411 g/mol. The zero-order valence-corrected chi connectivity index (χ0v) is 17.2. The molecule has 3 rings (SSSR count). The Kier molecular flexibility index (Phi) is 6.61. The fourth-order valence-corrected chi connectivity index (χ4v) is 3.40. The number of carbonyl (C=O) groups excluding carboxylic acids is 2. The lowest BCUT2D eigenvalue weighted by atomic mass is 10.1. The smallest absolute Gasteiger partial charge is 0.321 e. The van der Waals surface area contributed by atoms with Gasteiger partial charge in [-0.2, -0.15) is 4.68 Å². The number of hydrogen-bond donors (Lipinski definition) is 2. The highest BCUT2D eigenvalue weighted by molar-refractivity contribution is 8.00. The molecule has 29 heavy (non-hydrogen) atoms. The first-order valence-electron chi connectivity index (χ1n) is 9.09. The van der Waals surface area contributed by atoms with Crippen molar-refractivity contribution in [1.29, 1.82) is 0 Å². The number of aryl methyl sites for hydroxylation is 2. The second-order valence-corrected chi connectivity index (χ2v) is 7.89. The van der Waals surface area contributed by atoms with Crippen LogP contribution in [0.3, 0.4) is 0 Å². The molecule has 0 radical (unpaired) electrons. The third-order valence-electron chi connectivity index (χ3n) is 4.22. The van der Waals surface area contributed by atoms with Gasteiger partial charge < -0.3 is 5.32 Å². The minimum absolute atomic E-state index is 0.340. The zero-order valence-electron chi connectivity index (χ0n) is 16.4. The van der Waals surface area contributed by atoms with Crippen molar-refractivity contribution in [2.45, 2.75) is 37.7 Å². The first-order chi connectivity index (χ1) is 13.9. The summed E-state index contributed by atoms with van der Waals surface area (Å²) in [7, 11) is 0. The van der Waals surface area contributed by atoms with Crippen LogP contribution in [0.1, 0.15) is 23.6 Å². The number of nitrogens with zero attached hydrogens (tertiary/aromatic N) is 4. The van der Waals surface area contributed by atoms with E-state index in [1.807, 2.05) is 62.4 Å². The first kappa shape index (κ1) is 20.5. The Balaban J connectivity index is 1.60. The fourth-order valence-electron chi connectivity index (χ4n) is 2.60. The van der Waals surface area contributed by atoms with Crippen molar-refractivity contribution < 1.29 is 9.59 Å². The molecule has 9 heteroatoms. The van der Waals surface area contributed by atoms with E-state index in [4.69, 9.17) is 0 Å². The number of hydrogen-bond acceptors (Lipinski definition) is 6. The predicted octanol–water partition coefficient (Wildman–Crippen LogP) is 2.79. The van der Waals surface area contributed by atoms with Gasteiger partial charge in [0.2, 0.25) is 11.1 Å². The number of urea groups is 1. The Bertz CT molecular complexity index is 1010. The van der Waals surface area contributed by atoms with Crippen LogP contribution in [0.5, 0.6) is 0 Å². The van der Waals surface area contributed by atoms with Gasteiger partial charge in [0.1, 0.15) is 0 Å². The van der Waals surface area contributed by atoms with E-state index in [-0.39, 0.29) is 0 Å². The maximum Gasteiger partial charge on any atom is 0.321 e. The van der Waals surface area contributed by atoms with Crippen molar-refractivity contribution in [1.82, 2.24) is 30.8 Å². The Labute approximate surface area is 173 Å². The molecule has 0 bridgehead atoms. The summed E-state index contributed by atoms with van der Waals surface area (Å²) in [6.45, 7) is 6.00. The zero-order chi connectivity index (χ0) is 20.8. The van der Waals surface area contributed by atoms with Gasteiger partial charge in [-0.1, -0.05) is 54.2 Å². The number of tetrazole rings is 1. The maximum absolute atomic E-state index is 12.4. The highest BCUT2D eigenvalue weighted by Gasteiger charge is 2.21. The quantitative estimate of drug-likeness (QED) is 0.606. The highest BCUT2D eigenvalue weighted by Crippen LogP contribution is 2.24. The van der Waals surface area contributed by atoms with Crippen molar-refractivity contribution in [2.24, 2.45) is 0 Å². The molecule has 0 aliphatic heterocycles. The molecule has 2 aromatic carbocycles. The number of benzene rings is 2. The lowest BCUT2D eigenvalue weighted by Crippen LogP contribution is -2.42. The van der Waals surface area contributed by atoms with E-state index in [2.05, 4.69) is 26.2 Å². The molecule has 8 nitrogen and oxygen atoms in total. The molecule has 0 saturated heterocycles. The normalized spacial score (nSPS) is 11.7. The molecule has 1 aromatic heterocycles. The van der Waals surface area contributed by atoms with Crippen LogP contribution in [0.4, 0.5) is 4.79 Å². The number of amides is 3. The molecular formula is C20H22N6O2S. The number of imide groups is 1. The molecule has 150 valence electrons. The molecule has 1 atom stereocenters. The molecule has 3 aromatic rings. The summed E-state index contributed by atoms with van der Waals surface area (Å²) in [6.07, 6.45) is 0. The van der Waals surface area contributed by atoms with Crippen LogP contribution in [0.15, 0.2) is 53.7 Å². The van der Waals surface area contributed by atoms with E-state index in [1.165, 1.54) is 11.8 Å². The molecule has 0 spiro atoms. The highest BCUT2D eigenvalue weighted by atomic mass is 32.2. The number of nitrogens with one attached hydrogen (secondary N) is 2. The van der Waals surface area contributed by atoms with Crippen LogP contribution in [0.25, 0.3) is 5.69 Å². The number of rotatable bonds is 6. The van der Waals surface area contributed by atoms with Gasteiger partial charge in [0.05, 0.1) is 10.9 Å². The van der Waals surface area contributed by atoms with Gasteiger partial charge >= 0.3 is 6.03 Å². The largest absolute Gasteiger partial charge is 0.334 e. The second kappa shape index (κ2) is 9.33. The SMILES string of the molecule is Cc1ccc(C)c(-n2nnnc2S[C@H](C)C(=O)NC(=O)NCc2ccccc2)c1. The molecule has 0 aliphatic carbocycles. The van der Waals surface area contributed by atoms with E-state index in [1.54, 1.807) is 11.6 Å². The van der Waals surface area contributed by atoms with Crippen LogP contribution < -0.4 is 10.6 Å². The summed E-state index contributed by atoms with van der Waals surface area (Å²) in [5, 5.41) is 16.7. The third kappa shape index (κ3) is 5.41. The minimum atomic E-state index is -0.563. The Morgan fingerprint density at radius 1 is 1.14 bits per heavy atom. The van der Waals surface area contributed by atoms with Crippen LogP contribution in [-0.4, -0.2) is 37.4 Å². The third-order valence-corrected chi connectivity index (χ3v) is 5.25. The van der Waals surface area contributed by atoms with Crippen molar-refractivity contribution >= 4 is 23.7 Å². The van der Waals surface area contributed by atoms with Gasteiger partial charge in [0.25, 0.3) is 0 Å². The van der Waals surface area contributed by atoms with E-state index in [0.717, 1.165) is 22.4 Å². The van der Waals surface area contributed by atoms with Crippen molar-refractivity contribution in [3.63, 3.8) is 0 Å². The van der Waals surface area contributed by atoms with E-state index in [9.17, 15) is 9.59 Å². The van der Waals surface area contributed by atoms with Crippen LogP contribution in [0.2, 0.25) is 0 Å². The molecule has 0 aliphatic rings. The average Bonchev–Trinajstić information content (AvgIpc) is 3.16. The van der Waals surface area contributed by atoms with Gasteiger partial charge in [-0.3, -0.25) is 10.1 Å². The van der Waals surface area contributed by atoms with Gasteiger partial charge in [-0.05, 0) is 54.0 Å². The molecule has 0 fully saturated rings. The molecule has 3 amide bonds. The van der Waals surface area contributed by atoms with Crippen molar-refractivity contribution in [2.75, 3.05) is 0 Å². The van der Waals surface area contributed by atoms with Gasteiger partial charge in [-0.15, -0.1) is 5.10 Å². The summed E-state index contributed by atoms with van der Waals surface area (Å²) < 4.78 is 1.60. The van der Waals surface area contributed by atoms with E-state index in [0.29, 0.717) is 11.7 Å². The summed E-state index contributed by atoms with van der Waals surface area (Å²) in [5.74, 6) is -0.420. The Hall–Kier alpha value is -3.20. The standard InChI is InChI=1S/C20H22N6O2S/c1-13-9-10-14(2)17(11-13)26-20(23-24-25-26)29-15(3)18(27)22-19(28)21-12-16-7-5-4-6-8-16/h4-11,15H,12H2,1-3H3,(H2,21,22,27,28)/t15-/m1/s1. The molecule has 0 saturated carbocycles. The van der Waals surface area contributed by atoms with Gasteiger partial charge in [-0.25, -0.2) is 4.79 Å². The molecular weight excluding hydrogens is 388 g/mol. The van der Waals surface area contributed by atoms with Crippen molar-refractivity contribution in [3.8, 4) is 5.69 Å². The number of aromatic nitrogens is 4. The first-order valence-corrected chi connectivity index (χ1v) is 9.97. The number of thioether (sulfide) groups is 1. The van der Waals surface area contributed by atoms with E-state index >= 15 is 0 Å². The molecule has 1 heterocycles. The number of carbonyl (C=O) groups is 2. The second-order valence-electron chi connectivity index (χ2n) is 6.58. The van der Waals surface area contributed by atoms with E-state index < -0.39 is 17.2 Å². The summed E-state index contributed by atoms with van der Waals surface area (Å²) >= 11 is 1.19. The maximum atomic E-state index is 12.4. The van der Waals surface area contributed by atoms with Crippen molar-refractivity contribution in [3.05, 3.63) is 65.2 Å². The summed E-state index contributed by atoms with van der Waals surface area (Å²) in [6, 6.07) is 14.9. The summed E-state index contributed by atoms with van der Waals surface area (Å²) in [4.78, 5) is 24.4. The van der Waals surface area contributed by atoms with Crippen LogP contribution in [-0.2, 0) is 11.3 Å². The topological polar surface area (TPSA) is 102 Å². The fraction of sp³-hybridized carbons (Fsp3) is 0.250. The Morgan fingerprint density at radius 2 is 1.90 bits per heavy atom. The molecule has 0 unspecified atom stereocenters. The van der Waals surface area contributed by atoms with Crippen LogP contribution >= 0.6 is 11.8 Å². The van der Waals surface area contributed by atoms with Gasteiger partial charge in [0, 0.05) is 6.54 Å². The van der Waals surface area contributed by atoms with Gasteiger partial charge in [0.15, 0.2) is 0 Å².